The zero-order valence-electron chi connectivity index (χ0n) is 11.0. The van der Waals surface area contributed by atoms with E-state index in [0.717, 1.165) is 18.7 Å². The molecule has 18 heavy (non-hydrogen) atoms. The molecule has 0 amide bonds. The first-order chi connectivity index (χ1) is 8.78. The van der Waals surface area contributed by atoms with E-state index in [0.29, 0.717) is 6.04 Å². The van der Waals surface area contributed by atoms with E-state index in [4.69, 9.17) is 4.74 Å². The monoisotopic (exact) mass is 244 g/mol. The zero-order chi connectivity index (χ0) is 12.5. The normalized spacial score (nSPS) is 19.6. The molecule has 96 valence electrons. The number of fused-ring (bicyclic) bond motifs is 1. The standard InChI is InChI=1S/C15H20N2O/c1-10-13(8-11-4-3-7-16-11)14-9-12(18-2)5-6-15(14)17-10/h5-6,9,11,16-17H,3-4,7-8H2,1-2H3. The van der Waals surface area contributed by atoms with Crippen LogP contribution in [0, 0.1) is 6.92 Å². The average Bonchev–Trinajstić information content (AvgIpc) is 2.99. The fourth-order valence-electron chi connectivity index (χ4n) is 2.93. The second-order valence-corrected chi connectivity index (χ2v) is 5.14. The Kier molecular flexibility index (Phi) is 3.00. The lowest BCUT2D eigenvalue weighted by atomic mass is 10.0. The predicted molar refractivity (Wildman–Crippen MR) is 74.3 cm³/mol. The third-order valence-corrected chi connectivity index (χ3v) is 3.94. The lowest BCUT2D eigenvalue weighted by Crippen LogP contribution is -2.23. The van der Waals surface area contributed by atoms with E-state index in [-0.39, 0.29) is 0 Å². The number of benzene rings is 1. The van der Waals surface area contributed by atoms with Gasteiger partial charge in [-0.3, -0.25) is 0 Å². The smallest absolute Gasteiger partial charge is 0.119 e. The number of hydrogen-bond donors (Lipinski definition) is 2. The Morgan fingerprint density at radius 1 is 1.39 bits per heavy atom. The summed E-state index contributed by atoms with van der Waals surface area (Å²) in [6, 6.07) is 6.89. The maximum absolute atomic E-state index is 5.33. The van der Waals surface area contributed by atoms with Crippen molar-refractivity contribution in [2.75, 3.05) is 13.7 Å². The number of ether oxygens (including phenoxy) is 1. The van der Waals surface area contributed by atoms with E-state index < -0.39 is 0 Å². The molecule has 0 bridgehead atoms. The molecule has 1 atom stereocenters. The summed E-state index contributed by atoms with van der Waals surface area (Å²) in [7, 11) is 1.72. The van der Waals surface area contributed by atoms with Crippen molar-refractivity contribution in [2.45, 2.75) is 32.2 Å². The highest BCUT2D eigenvalue weighted by Crippen LogP contribution is 2.28. The third-order valence-electron chi connectivity index (χ3n) is 3.94. The van der Waals surface area contributed by atoms with Gasteiger partial charge in [0.05, 0.1) is 7.11 Å². The molecule has 2 N–H and O–H groups in total. The quantitative estimate of drug-likeness (QED) is 0.871. The molecule has 3 rings (SSSR count). The van der Waals surface area contributed by atoms with Crippen LogP contribution in [0.25, 0.3) is 10.9 Å². The van der Waals surface area contributed by atoms with Gasteiger partial charge in [0, 0.05) is 22.6 Å². The maximum Gasteiger partial charge on any atom is 0.119 e. The van der Waals surface area contributed by atoms with Crippen LogP contribution in [0.1, 0.15) is 24.1 Å². The molecule has 1 fully saturated rings. The summed E-state index contributed by atoms with van der Waals surface area (Å²) in [5.74, 6) is 0.933. The molecule has 3 heteroatoms. The lowest BCUT2D eigenvalue weighted by molar-refractivity contribution is 0.415. The van der Waals surface area contributed by atoms with E-state index in [1.807, 2.05) is 6.07 Å². The fourth-order valence-corrected chi connectivity index (χ4v) is 2.93. The number of hydrogen-bond acceptors (Lipinski definition) is 2. The molecule has 1 aliphatic heterocycles. The molecule has 1 saturated heterocycles. The summed E-state index contributed by atoms with van der Waals surface area (Å²) in [4.78, 5) is 3.47. The highest BCUT2D eigenvalue weighted by Gasteiger charge is 2.18. The molecule has 1 aromatic carbocycles. The third kappa shape index (κ3) is 1.99. The minimum atomic E-state index is 0.633. The molecule has 0 radical (unpaired) electrons. The summed E-state index contributed by atoms with van der Waals surface area (Å²) in [6.45, 7) is 3.33. The molecule has 0 aliphatic carbocycles. The van der Waals surface area contributed by atoms with Gasteiger partial charge in [-0.2, -0.15) is 0 Å². The second kappa shape index (κ2) is 4.65. The summed E-state index contributed by atoms with van der Waals surface area (Å²) >= 11 is 0. The molecule has 0 spiro atoms. The van der Waals surface area contributed by atoms with Crippen LogP contribution < -0.4 is 10.1 Å². The van der Waals surface area contributed by atoms with E-state index >= 15 is 0 Å². The Hall–Kier alpha value is -1.48. The van der Waals surface area contributed by atoms with E-state index in [9.17, 15) is 0 Å². The molecule has 0 saturated carbocycles. The highest BCUT2D eigenvalue weighted by molar-refractivity contribution is 5.86. The van der Waals surface area contributed by atoms with Crippen molar-refractivity contribution in [2.24, 2.45) is 0 Å². The van der Waals surface area contributed by atoms with Crippen LogP contribution in [0.2, 0.25) is 0 Å². The van der Waals surface area contributed by atoms with Crippen molar-refractivity contribution in [3.63, 3.8) is 0 Å². The van der Waals surface area contributed by atoms with Crippen LogP contribution in [-0.4, -0.2) is 24.7 Å². The van der Waals surface area contributed by atoms with Crippen molar-refractivity contribution in [3.8, 4) is 5.75 Å². The minimum absolute atomic E-state index is 0.633. The zero-order valence-corrected chi connectivity index (χ0v) is 11.0. The van der Waals surface area contributed by atoms with Crippen molar-refractivity contribution in [1.29, 1.82) is 0 Å². The molecule has 1 unspecified atom stereocenters. The number of rotatable bonds is 3. The predicted octanol–water partition coefficient (Wildman–Crippen LogP) is 2.78. The number of aryl methyl sites for hydroxylation is 1. The number of aromatic amines is 1. The topological polar surface area (TPSA) is 37.0 Å². The fraction of sp³-hybridized carbons (Fsp3) is 0.467. The van der Waals surface area contributed by atoms with Crippen molar-refractivity contribution in [3.05, 3.63) is 29.5 Å². The SMILES string of the molecule is COc1ccc2[nH]c(C)c(CC3CCCN3)c2c1. The second-order valence-electron chi connectivity index (χ2n) is 5.14. The van der Waals surface area contributed by atoms with Gasteiger partial charge in [0.25, 0.3) is 0 Å². The van der Waals surface area contributed by atoms with Gasteiger partial charge in [-0.15, -0.1) is 0 Å². The van der Waals surface area contributed by atoms with Crippen molar-refractivity contribution < 1.29 is 4.74 Å². The summed E-state index contributed by atoms with van der Waals surface area (Å²) in [5, 5.41) is 4.88. The van der Waals surface area contributed by atoms with Crippen molar-refractivity contribution >= 4 is 10.9 Å². The molecule has 2 aromatic rings. The van der Waals surface area contributed by atoms with E-state index in [1.54, 1.807) is 7.11 Å². The van der Waals surface area contributed by atoms with Crippen LogP contribution in [0.4, 0.5) is 0 Å². The van der Waals surface area contributed by atoms with Gasteiger partial charge < -0.3 is 15.0 Å². The van der Waals surface area contributed by atoms with Gasteiger partial charge in [0.15, 0.2) is 0 Å². The van der Waals surface area contributed by atoms with Gasteiger partial charge in [0.2, 0.25) is 0 Å². The summed E-state index contributed by atoms with van der Waals surface area (Å²) < 4.78 is 5.33. The van der Waals surface area contributed by atoms with Gasteiger partial charge in [0.1, 0.15) is 5.75 Å². The molecule has 2 heterocycles. The average molecular weight is 244 g/mol. The van der Waals surface area contributed by atoms with Crippen LogP contribution in [0.5, 0.6) is 5.75 Å². The van der Waals surface area contributed by atoms with Crippen LogP contribution in [0.15, 0.2) is 18.2 Å². The number of methoxy groups -OCH3 is 1. The molecule has 3 nitrogen and oxygen atoms in total. The van der Waals surface area contributed by atoms with Gasteiger partial charge in [-0.05, 0) is 56.5 Å². The summed E-state index contributed by atoms with van der Waals surface area (Å²) in [5.41, 5.74) is 3.93. The van der Waals surface area contributed by atoms with Gasteiger partial charge in [-0.25, -0.2) is 0 Å². The lowest BCUT2D eigenvalue weighted by Gasteiger charge is -2.10. The minimum Gasteiger partial charge on any atom is -0.497 e. The summed E-state index contributed by atoms with van der Waals surface area (Å²) in [6.07, 6.45) is 3.70. The van der Waals surface area contributed by atoms with Crippen LogP contribution >= 0.6 is 0 Å². The molecule has 1 aliphatic rings. The Labute approximate surface area is 108 Å². The molecular formula is C15H20N2O. The Bertz CT molecular complexity index is 553. The highest BCUT2D eigenvalue weighted by atomic mass is 16.5. The Balaban J connectivity index is 2.00. The largest absolute Gasteiger partial charge is 0.497 e. The van der Waals surface area contributed by atoms with Gasteiger partial charge in [-0.1, -0.05) is 0 Å². The number of aromatic nitrogens is 1. The van der Waals surface area contributed by atoms with Gasteiger partial charge >= 0.3 is 0 Å². The first-order valence-corrected chi connectivity index (χ1v) is 6.66. The Morgan fingerprint density at radius 3 is 3.00 bits per heavy atom. The first kappa shape index (κ1) is 11.6. The van der Waals surface area contributed by atoms with Crippen LogP contribution in [0.3, 0.4) is 0 Å². The van der Waals surface area contributed by atoms with Crippen molar-refractivity contribution in [1.82, 2.24) is 10.3 Å². The van der Waals surface area contributed by atoms with E-state index in [1.165, 1.54) is 35.0 Å². The number of nitrogens with one attached hydrogen (secondary N) is 2. The number of H-pyrrole nitrogens is 1. The molecule has 1 aromatic heterocycles. The van der Waals surface area contributed by atoms with E-state index in [2.05, 4.69) is 29.4 Å². The maximum atomic E-state index is 5.33. The molecular weight excluding hydrogens is 224 g/mol. The Morgan fingerprint density at radius 2 is 2.28 bits per heavy atom. The van der Waals surface area contributed by atoms with Crippen LogP contribution in [-0.2, 0) is 6.42 Å². The first-order valence-electron chi connectivity index (χ1n) is 6.66.